The Kier molecular flexibility index (Phi) is 5.30. The number of aromatic amines is 1. The Bertz CT molecular complexity index is 947. The van der Waals surface area contributed by atoms with Crippen LogP contribution in [0.25, 0.3) is 11.0 Å². The summed E-state index contributed by atoms with van der Waals surface area (Å²) in [6.45, 7) is 8.86. The Morgan fingerprint density at radius 3 is 2.68 bits per heavy atom. The minimum atomic E-state index is -0.146. The van der Waals surface area contributed by atoms with Crippen LogP contribution in [0, 0.1) is 0 Å². The molecule has 6 nitrogen and oxygen atoms in total. The van der Waals surface area contributed by atoms with Gasteiger partial charge in [0.25, 0.3) is 5.91 Å². The maximum absolute atomic E-state index is 12.7. The topological polar surface area (TPSA) is 64.3 Å². The van der Waals surface area contributed by atoms with Crippen molar-refractivity contribution in [2.75, 3.05) is 36.4 Å². The molecule has 0 radical (unpaired) electrons. The van der Waals surface area contributed by atoms with E-state index in [1.165, 1.54) is 12.1 Å². The summed E-state index contributed by atoms with van der Waals surface area (Å²) in [6.07, 6.45) is 2.78. The highest BCUT2D eigenvalue weighted by molar-refractivity contribution is 6.11. The number of hydrogen-bond acceptors (Lipinski definition) is 4. The van der Waals surface area contributed by atoms with Crippen LogP contribution in [-0.4, -0.2) is 53.0 Å². The maximum Gasteiger partial charge on any atom is 0.257 e. The number of anilines is 2. The first-order chi connectivity index (χ1) is 13.6. The zero-order valence-corrected chi connectivity index (χ0v) is 16.5. The van der Waals surface area contributed by atoms with E-state index < -0.39 is 0 Å². The third-order valence-electron chi connectivity index (χ3n) is 5.45. The van der Waals surface area contributed by atoms with Crippen LogP contribution in [0.3, 0.4) is 0 Å². The number of imidazole rings is 1. The number of nitrogens with zero attached hydrogens (tertiary/aromatic N) is 3. The molecule has 0 unspecified atom stereocenters. The number of fused-ring (bicyclic) bond motifs is 1. The number of H-pyrrole nitrogens is 1. The molecule has 1 aliphatic rings. The number of carbonyl (C=O) groups is 1. The largest absolute Gasteiger partial charge is 0.370 e. The third-order valence-corrected chi connectivity index (χ3v) is 5.45. The van der Waals surface area contributed by atoms with E-state index in [0.29, 0.717) is 17.1 Å². The zero-order valence-electron chi connectivity index (χ0n) is 16.5. The molecule has 0 bridgehead atoms. The van der Waals surface area contributed by atoms with E-state index in [2.05, 4.69) is 51.1 Å². The Morgan fingerprint density at radius 1 is 1.07 bits per heavy atom. The lowest BCUT2D eigenvalue weighted by Gasteiger charge is -2.26. The van der Waals surface area contributed by atoms with Gasteiger partial charge in [-0.1, -0.05) is 6.07 Å². The summed E-state index contributed by atoms with van der Waals surface area (Å²) in [4.78, 5) is 24.9. The lowest BCUT2D eigenvalue weighted by atomic mass is 10.1. The maximum atomic E-state index is 12.7. The van der Waals surface area contributed by atoms with Gasteiger partial charge in [0.05, 0.1) is 17.4 Å². The predicted molar refractivity (Wildman–Crippen MR) is 114 cm³/mol. The Morgan fingerprint density at radius 2 is 1.89 bits per heavy atom. The van der Waals surface area contributed by atoms with Crippen LogP contribution in [0.2, 0.25) is 0 Å². The molecule has 146 valence electrons. The molecule has 6 heteroatoms. The Balaban J connectivity index is 1.43. The number of nitrogens with one attached hydrogen (secondary N) is 2. The number of benzene rings is 2. The highest BCUT2D eigenvalue weighted by Crippen LogP contribution is 2.21. The van der Waals surface area contributed by atoms with Crippen molar-refractivity contribution in [3.05, 3.63) is 54.4 Å². The fourth-order valence-electron chi connectivity index (χ4n) is 3.81. The molecule has 1 aliphatic heterocycles. The monoisotopic (exact) mass is 377 g/mol. The Labute approximate surface area is 165 Å². The van der Waals surface area contributed by atoms with Gasteiger partial charge in [-0.3, -0.25) is 9.69 Å². The highest BCUT2D eigenvalue weighted by Gasteiger charge is 2.17. The summed E-state index contributed by atoms with van der Waals surface area (Å²) >= 11 is 0. The zero-order chi connectivity index (χ0) is 19.5. The van der Waals surface area contributed by atoms with Crippen molar-refractivity contribution < 1.29 is 4.79 Å². The van der Waals surface area contributed by atoms with E-state index in [1.54, 1.807) is 12.4 Å². The molecule has 0 spiro atoms. The van der Waals surface area contributed by atoms with Gasteiger partial charge in [-0.2, -0.15) is 0 Å². The molecule has 4 rings (SSSR count). The summed E-state index contributed by atoms with van der Waals surface area (Å²) in [5.41, 5.74) is 4.12. The summed E-state index contributed by atoms with van der Waals surface area (Å²) in [5, 5.41) is 2.99. The van der Waals surface area contributed by atoms with Gasteiger partial charge in [0.15, 0.2) is 0 Å². The van der Waals surface area contributed by atoms with Crippen molar-refractivity contribution in [3.8, 4) is 0 Å². The molecule has 2 N–H and O–H groups in total. The average molecular weight is 377 g/mol. The van der Waals surface area contributed by atoms with Crippen LogP contribution in [0.4, 0.5) is 11.4 Å². The molecule has 1 fully saturated rings. The van der Waals surface area contributed by atoms with Crippen LogP contribution < -0.4 is 10.2 Å². The molecular formula is C22H27N5O. The molecule has 2 aromatic carbocycles. The molecule has 2 heterocycles. The molecule has 28 heavy (non-hydrogen) atoms. The number of rotatable bonds is 4. The van der Waals surface area contributed by atoms with Gasteiger partial charge in [-0.05, 0) is 56.7 Å². The number of hydrogen-bond donors (Lipinski definition) is 2. The number of aromatic nitrogens is 2. The number of amides is 1. The van der Waals surface area contributed by atoms with Crippen LogP contribution in [0.1, 0.15) is 30.6 Å². The molecular weight excluding hydrogens is 350 g/mol. The van der Waals surface area contributed by atoms with E-state index >= 15 is 0 Å². The standard InChI is InChI=1S/C22H27N5O/c1-16(2)26-11-4-12-27(14-13-26)18-9-7-17(8-10-18)25-22(28)19-5-3-6-20-21(19)24-15-23-20/h3,5-10,15-16H,4,11-14H2,1-2H3,(H,23,24)(H,25,28). The van der Waals surface area contributed by atoms with Gasteiger partial charge in [-0.25, -0.2) is 4.98 Å². The van der Waals surface area contributed by atoms with Crippen LogP contribution >= 0.6 is 0 Å². The first-order valence-corrected chi connectivity index (χ1v) is 9.94. The lowest BCUT2D eigenvalue weighted by molar-refractivity contribution is 0.102. The second-order valence-electron chi connectivity index (χ2n) is 7.58. The van der Waals surface area contributed by atoms with Crippen molar-refractivity contribution in [3.63, 3.8) is 0 Å². The average Bonchev–Trinajstić information content (AvgIpc) is 3.04. The van der Waals surface area contributed by atoms with E-state index in [1.807, 2.05) is 24.3 Å². The predicted octanol–water partition coefficient (Wildman–Crippen LogP) is 3.74. The second-order valence-corrected chi connectivity index (χ2v) is 7.58. The van der Waals surface area contributed by atoms with E-state index in [4.69, 9.17) is 0 Å². The van der Waals surface area contributed by atoms with E-state index in [9.17, 15) is 4.79 Å². The van der Waals surface area contributed by atoms with Crippen LogP contribution in [0.5, 0.6) is 0 Å². The molecule has 1 saturated heterocycles. The molecule has 0 atom stereocenters. The normalized spacial score (nSPS) is 15.8. The van der Waals surface area contributed by atoms with Crippen LogP contribution in [0.15, 0.2) is 48.8 Å². The van der Waals surface area contributed by atoms with Gasteiger partial charge in [0, 0.05) is 43.6 Å². The van der Waals surface area contributed by atoms with Gasteiger partial charge in [-0.15, -0.1) is 0 Å². The number of carbonyl (C=O) groups excluding carboxylic acids is 1. The van der Waals surface area contributed by atoms with Gasteiger partial charge < -0.3 is 15.2 Å². The van der Waals surface area contributed by atoms with Crippen molar-refractivity contribution in [1.82, 2.24) is 14.9 Å². The van der Waals surface area contributed by atoms with Gasteiger partial charge in [0.2, 0.25) is 0 Å². The third kappa shape index (κ3) is 3.87. The summed E-state index contributed by atoms with van der Waals surface area (Å²) in [6, 6.07) is 14.3. The van der Waals surface area contributed by atoms with Crippen molar-refractivity contribution in [1.29, 1.82) is 0 Å². The van der Waals surface area contributed by atoms with Crippen molar-refractivity contribution in [2.24, 2.45) is 0 Å². The quantitative estimate of drug-likeness (QED) is 0.727. The second kappa shape index (κ2) is 8.02. The molecule has 1 aromatic heterocycles. The van der Waals surface area contributed by atoms with Crippen molar-refractivity contribution in [2.45, 2.75) is 26.3 Å². The molecule has 1 amide bonds. The minimum absolute atomic E-state index is 0.146. The first-order valence-electron chi connectivity index (χ1n) is 9.94. The first kappa shape index (κ1) is 18.5. The molecule has 0 aliphatic carbocycles. The molecule has 3 aromatic rings. The minimum Gasteiger partial charge on any atom is -0.370 e. The van der Waals surface area contributed by atoms with Crippen molar-refractivity contribution >= 4 is 28.3 Å². The van der Waals surface area contributed by atoms with E-state index in [-0.39, 0.29) is 5.91 Å². The fourth-order valence-corrected chi connectivity index (χ4v) is 3.81. The summed E-state index contributed by atoms with van der Waals surface area (Å²) < 4.78 is 0. The van der Waals surface area contributed by atoms with E-state index in [0.717, 1.165) is 37.4 Å². The van der Waals surface area contributed by atoms with Gasteiger partial charge in [0.1, 0.15) is 5.52 Å². The fraction of sp³-hybridized carbons (Fsp3) is 0.364. The SMILES string of the molecule is CC(C)N1CCCN(c2ccc(NC(=O)c3cccc4[nH]cnc34)cc2)CC1. The van der Waals surface area contributed by atoms with Gasteiger partial charge >= 0.3 is 0 Å². The smallest absolute Gasteiger partial charge is 0.257 e. The summed E-state index contributed by atoms with van der Waals surface area (Å²) in [5.74, 6) is -0.146. The summed E-state index contributed by atoms with van der Waals surface area (Å²) in [7, 11) is 0. The lowest BCUT2D eigenvalue weighted by Crippen LogP contribution is -2.35. The van der Waals surface area contributed by atoms with Crippen LogP contribution in [-0.2, 0) is 0 Å². The molecule has 0 saturated carbocycles. The number of para-hydroxylation sites is 1. The Hall–Kier alpha value is -2.86. The highest BCUT2D eigenvalue weighted by atomic mass is 16.1.